The Balaban J connectivity index is 1.62. The van der Waals surface area contributed by atoms with Crippen LogP contribution in [0, 0.1) is 6.92 Å². The predicted molar refractivity (Wildman–Crippen MR) is 123 cm³/mol. The van der Waals surface area contributed by atoms with Crippen LogP contribution in [0.5, 0.6) is 0 Å². The van der Waals surface area contributed by atoms with Crippen molar-refractivity contribution >= 4 is 11.9 Å². The summed E-state index contributed by atoms with van der Waals surface area (Å²) in [6, 6.07) is 8.67. The lowest BCUT2D eigenvalue weighted by Crippen LogP contribution is -2.45. The average Bonchev–Trinajstić information content (AvgIpc) is 3.17. The van der Waals surface area contributed by atoms with E-state index in [2.05, 4.69) is 63.1 Å². The van der Waals surface area contributed by atoms with Crippen molar-refractivity contribution in [2.45, 2.75) is 71.4 Å². The van der Waals surface area contributed by atoms with E-state index in [-0.39, 0.29) is 11.9 Å². The highest BCUT2D eigenvalue weighted by Crippen LogP contribution is 2.22. The number of aromatic nitrogens is 3. The second-order valence-electron chi connectivity index (χ2n) is 8.45. The molecule has 2 heterocycles. The first-order valence-electron chi connectivity index (χ1n) is 11.6. The number of rotatable bonds is 11. The van der Waals surface area contributed by atoms with Crippen molar-refractivity contribution in [1.82, 2.24) is 20.1 Å². The second kappa shape index (κ2) is 11.8. The first-order chi connectivity index (χ1) is 15.1. The fraction of sp³-hybridized carbons (Fsp3) is 0.625. The maximum Gasteiger partial charge on any atom is 0.227 e. The zero-order chi connectivity index (χ0) is 22.1. The molecule has 0 bridgehead atoms. The molecule has 1 saturated heterocycles. The number of nitrogens with one attached hydrogen (secondary N) is 1. The highest BCUT2D eigenvalue weighted by Gasteiger charge is 2.25. The first kappa shape index (κ1) is 23.3. The lowest BCUT2D eigenvalue weighted by Gasteiger charge is -2.33. The van der Waals surface area contributed by atoms with E-state index in [4.69, 9.17) is 4.74 Å². The average molecular weight is 428 g/mol. The second-order valence-corrected chi connectivity index (χ2v) is 8.45. The molecule has 0 atom stereocenters. The molecule has 2 aromatic rings. The van der Waals surface area contributed by atoms with Crippen LogP contribution in [0.25, 0.3) is 0 Å². The van der Waals surface area contributed by atoms with Crippen molar-refractivity contribution < 1.29 is 9.53 Å². The summed E-state index contributed by atoms with van der Waals surface area (Å²) < 4.78 is 7.54. The SMILES string of the molecule is CCCCCC(=O)NC1CCN(c2nnc(Cc3ccccc3C)n2CCOC)CC1. The molecule has 0 spiro atoms. The molecule has 7 heteroatoms. The maximum absolute atomic E-state index is 12.1. The zero-order valence-electron chi connectivity index (χ0n) is 19.3. The molecule has 170 valence electrons. The number of methoxy groups -OCH3 is 1. The van der Waals surface area contributed by atoms with Crippen LogP contribution in [0.15, 0.2) is 24.3 Å². The molecule has 1 aromatic carbocycles. The molecule has 1 fully saturated rings. The van der Waals surface area contributed by atoms with E-state index in [9.17, 15) is 4.79 Å². The summed E-state index contributed by atoms with van der Waals surface area (Å²) in [6.07, 6.45) is 6.51. The summed E-state index contributed by atoms with van der Waals surface area (Å²) in [6.45, 7) is 7.38. The quantitative estimate of drug-likeness (QED) is 0.556. The summed E-state index contributed by atoms with van der Waals surface area (Å²) in [5.41, 5.74) is 2.53. The van der Waals surface area contributed by atoms with Crippen molar-refractivity contribution in [3.63, 3.8) is 0 Å². The van der Waals surface area contributed by atoms with Crippen LogP contribution in [0.1, 0.15) is 62.4 Å². The number of aryl methyl sites for hydroxylation is 1. The molecule has 0 aliphatic carbocycles. The van der Waals surface area contributed by atoms with Gasteiger partial charge in [0, 0.05) is 39.1 Å². The number of unbranched alkanes of at least 4 members (excludes halogenated alkanes) is 2. The van der Waals surface area contributed by atoms with Crippen LogP contribution in [0.4, 0.5) is 5.95 Å². The number of amides is 1. The number of carbonyl (C=O) groups excluding carboxylic acids is 1. The van der Waals surface area contributed by atoms with E-state index in [1.807, 2.05) is 0 Å². The van der Waals surface area contributed by atoms with Gasteiger partial charge < -0.3 is 15.0 Å². The van der Waals surface area contributed by atoms with Crippen molar-refractivity contribution in [1.29, 1.82) is 0 Å². The van der Waals surface area contributed by atoms with Gasteiger partial charge in [-0.3, -0.25) is 9.36 Å². The largest absolute Gasteiger partial charge is 0.383 e. The Bertz CT molecular complexity index is 827. The number of benzene rings is 1. The van der Waals surface area contributed by atoms with Gasteiger partial charge >= 0.3 is 0 Å². The Morgan fingerprint density at radius 3 is 2.68 bits per heavy atom. The topological polar surface area (TPSA) is 72.3 Å². The van der Waals surface area contributed by atoms with E-state index in [1.54, 1.807) is 7.11 Å². The molecule has 1 N–H and O–H groups in total. The monoisotopic (exact) mass is 427 g/mol. The zero-order valence-corrected chi connectivity index (χ0v) is 19.3. The van der Waals surface area contributed by atoms with Gasteiger partial charge in [-0.15, -0.1) is 10.2 Å². The van der Waals surface area contributed by atoms with Gasteiger partial charge in [0.1, 0.15) is 5.82 Å². The van der Waals surface area contributed by atoms with E-state index in [0.29, 0.717) is 13.0 Å². The molecule has 3 rings (SSSR count). The minimum Gasteiger partial charge on any atom is -0.383 e. The Morgan fingerprint density at radius 1 is 1.19 bits per heavy atom. The number of ether oxygens (including phenoxy) is 1. The third kappa shape index (κ3) is 6.53. The van der Waals surface area contributed by atoms with Gasteiger partial charge in [0.15, 0.2) is 0 Å². The van der Waals surface area contributed by atoms with Gasteiger partial charge in [-0.1, -0.05) is 44.0 Å². The van der Waals surface area contributed by atoms with Crippen LogP contribution >= 0.6 is 0 Å². The van der Waals surface area contributed by atoms with Gasteiger partial charge in [-0.25, -0.2) is 0 Å². The number of hydrogen-bond donors (Lipinski definition) is 1. The van der Waals surface area contributed by atoms with Gasteiger partial charge in [0.2, 0.25) is 11.9 Å². The lowest BCUT2D eigenvalue weighted by molar-refractivity contribution is -0.122. The smallest absolute Gasteiger partial charge is 0.227 e. The molecule has 7 nitrogen and oxygen atoms in total. The van der Waals surface area contributed by atoms with Crippen LogP contribution in [0.3, 0.4) is 0 Å². The number of anilines is 1. The molecule has 0 saturated carbocycles. The van der Waals surface area contributed by atoms with E-state index in [1.165, 1.54) is 11.1 Å². The maximum atomic E-state index is 12.1. The molecule has 0 unspecified atom stereocenters. The highest BCUT2D eigenvalue weighted by atomic mass is 16.5. The highest BCUT2D eigenvalue weighted by molar-refractivity contribution is 5.76. The van der Waals surface area contributed by atoms with Crippen molar-refractivity contribution in [2.75, 3.05) is 31.7 Å². The molecular formula is C24H37N5O2. The summed E-state index contributed by atoms with van der Waals surface area (Å²) in [5, 5.41) is 12.3. The summed E-state index contributed by atoms with van der Waals surface area (Å²) in [7, 11) is 1.72. The Kier molecular flexibility index (Phi) is 8.88. The van der Waals surface area contributed by atoms with Gasteiger partial charge in [0.05, 0.1) is 13.2 Å². The third-order valence-corrected chi connectivity index (χ3v) is 6.09. The normalized spacial score (nSPS) is 14.7. The van der Waals surface area contributed by atoms with Crippen LogP contribution in [-0.2, 0) is 22.5 Å². The molecule has 1 aliphatic heterocycles. The van der Waals surface area contributed by atoms with Crippen molar-refractivity contribution in [2.24, 2.45) is 0 Å². The molecule has 1 aliphatic rings. The van der Waals surface area contributed by atoms with Crippen molar-refractivity contribution in [3.05, 3.63) is 41.2 Å². The van der Waals surface area contributed by atoms with E-state index in [0.717, 1.165) is 69.9 Å². The lowest BCUT2D eigenvalue weighted by atomic mass is 10.0. The van der Waals surface area contributed by atoms with Gasteiger partial charge in [0.25, 0.3) is 0 Å². The van der Waals surface area contributed by atoms with Crippen molar-refractivity contribution in [3.8, 4) is 0 Å². The number of nitrogens with zero attached hydrogens (tertiary/aromatic N) is 4. The number of hydrogen-bond acceptors (Lipinski definition) is 5. The van der Waals surface area contributed by atoms with Gasteiger partial charge in [-0.05, 0) is 37.3 Å². The summed E-state index contributed by atoms with van der Waals surface area (Å²) in [4.78, 5) is 14.4. The Hall–Kier alpha value is -2.41. The molecule has 1 aromatic heterocycles. The van der Waals surface area contributed by atoms with Crippen LogP contribution in [0.2, 0.25) is 0 Å². The predicted octanol–water partition coefficient (Wildman–Crippen LogP) is 3.49. The minimum atomic E-state index is 0.190. The summed E-state index contributed by atoms with van der Waals surface area (Å²) in [5.74, 6) is 2.07. The fourth-order valence-electron chi connectivity index (χ4n) is 4.14. The summed E-state index contributed by atoms with van der Waals surface area (Å²) >= 11 is 0. The standard InChI is InChI=1S/C24H37N5O2/c1-4-5-6-11-23(30)25-21-12-14-28(15-13-21)24-27-26-22(29(24)16-17-31-3)18-20-10-8-7-9-19(20)2/h7-10,21H,4-6,11-18H2,1-3H3,(H,25,30). The van der Waals surface area contributed by atoms with E-state index < -0.39 is 0 Å². The van der Waals surface area contributed by atoms with Crippen LogP contribution < -0.4 is 10.2 Å². The van der Waals surface area contributed by atoms with E-state index >= 15 is 0 Å². The minimum absolute atomic E-state index is 0.190. The van der Waals surface area contributed by atoms with Crippen LogP contribution in [-0.4, -0.2) is 53.5 Å². The number of carbonyl (C=O) groups is 1. The van der Waals surface area contributed by atoms with Gasteiger partial charge in [-0.2, -0.15) is 0 Å². The first-order valence-corrected chi connectivity index (χ1v) is 11.6. The fourth-order valence-corrected chi connectivity index (χ4v) is 4.14. The number of piperidine rings is 1. The molecule has 1 amide bonds. The third-order valence-electron chi connectivity index (χ3n) is 6.09. The molecular weight excluding hydrogens is 390 g/mol. The Morgan fingerprint density at radius 2 is 1.97 bits per heavy atom. The Labute approximate surface area is 186 Å². The molecule has 0 radical (unpaired) electrons. The molecule has 31 heavy (non-hydrogen) atoms.